The largest absolute Gasteiger partial charge is 0.326 e. The smallest absolute Gasteiger partial charge is 0.242 e. The average Bonchev–Trinajstić information content (AvgIpc) is 2.76. The predicted octanol–water partition coefficient (Wildman–Crippen LogP) is 2.92. The lowest BCUT2D eigenvalue weighted by Gasteiger charge is -2.15. The molecule has 3 N–H and O–H groups in total. The molecular formula is C13H18Cl2N2O2S. The third-order valence-electron chi connectivity index (χ3n) is 3.61. The molecular weight excluding hydrogens is 319 g/mol. The summed E-state index contributed by atoms with van der Waals surface area (Å²) in [4.78, 5) is 0.00618. The summed E-state index contributed by atoms with van der Waals surface area (Å²) in [5.74, 6) is 0.539. The average molecular weight is 337 g/mol. The van der Waals surface area contributed by atoms with Crippen molar-refractivity contribution in [3.8, 4) is 0 Å². The van der Waals surface area contributed by atoms with Gasteiger partial charge >= 0.3 is 0 Å². The molecule has 0 aliphatic heterocycles. The summed E-state index contributed by atoms with van der Waals surface area (Å²) >= 11 is 12.1. The third-order valence-corrected chi connectivity index (χ3v) is 5.93. The maximum Gasteiger partial charge on any atom is 0.242 e. The summed E-state index contributed by atoms with van der Waals surface area (Å²) in [6.45, 7) is 2.26. The van der Waals surface area contributed by atoms with Crippen LogP contribution < -0.4 is 10.5 Å². The summed E-state index contributed by atoms with van der Waals surface area (Å²) in [5, 5.41) is 0.463. The fourth-order valence-electron chi connectivity index (χ4n) is 2.56. The predicted molar refractivity (Wildman–Crippen MR) is 81.5 cm³/mol. The van der Waals surface area contributed by atoms with Crippen molar-refractivity contribution in [3.63, 3.8) is 0 Å². The molecule has 1 fully saturated rings. The molecule has 0 bridgehead atoms. The minimum Gasteiger partial charge on any atom is -0.326 e. The van der Waals surface area contributed by atoms with E-state index in [1.165, 1.54) is 6.07 Å². The van der Waals surface area contributed by atoms with E-state index in [1.807, 2.05) is 0 Å². The Bertz CT molecular complexity index is 605. The molecule has 1 aromatic rings. The highest BCUT2D eigenvalue weighted by Gasteiger charge is 2.28. The summed E-state index contributed by atoms with van der Waals surface area (Å²) < 4.78 is 27.6. The number of rotatable bonds is 4. The molecule has 0 spiro atoms. The number of nitrogens with two attached hydrogens (primary N) is 1. The summed E-state index contributed by atoms with van der Waals surface area (Å²) in [5.41, 5.74) is 6.08. The topological polar surface area (TPSA) is 72.2 Å². The van der Waals surface area contributed by atoms with Crippen molar-refractivity contribution in [2.75, 3.05) is 0 Å². The Morgan fingerprint density at radius 3 is 2.60 bits per heavy atom. The highest BCUT2D eigenvalue weighted by molar-refractivity contribution is 7.89. The van der Waals surface area contributed by atoms with Crippen LogP contribution in [0.3, 0.4) is 0 Å². The van der Waals surface area contributed by atoms with E-state index < -0.39 is 10.0 Å². The molecule has 0 aromatic heterocycles. The Morgan fingerprint density at radius 2 is 2.05 bits per heavy atom. The number of hydrogen-bond acceptors (Lipinski definition) is 3. The van der Waals surface area contributed by atoms with Gasteiger partial charge < -0.3 is 5.73 Å². The van der Waals surface area contributed by atoms with E-state index in [-0.39, 0.29) is 22.5 Å². The van der Waals surface area contributed by atoms with Gasteiger partial charge in [0.1, 0.15) is 4.90 Å². The Kier molecular flexibility index (Phi) is 4.97. The van der Waals surface area contributed by atoms with Crippen molar-refractivity contribution in [1.82, 2.24) is 4.72 Å². The molecule has 2 unspecified atom stereocenters. The Balaban J connectivity index is 2.32. The fraction of sp³-hybridized carbons (Fsp3) is 0.538. The SMILES string of the molecule is CC1CCC(NS(=O)(=O)c2cc(Cl)cc(CN)c2Cl)C1. The van der Waals surface area contributed by atoms with Gasteiger partial charge in [0.05, 0.1) is 5.02 Å². The second-order valence-corrected chi connectivity index (χ2v) is 7.81. The monoisotopic (exact) mass is 336 g/mol. The van der Waals surface area contributed by atoms with Crippen LogP contribution in [0.4, 0.5) is 0 Å². The van der Waals surface area contributed by atoms with Crippen LogP contribution in [0.5, 0.6) is 0 Å². The van der Waals surface area contributed by atoms with Crippen molar-refractivity contribution >= 4 is 33.2 Å². The highest BCUT2D eigenvalue weighted by atomic mass is 35.5. The zero-order valence-electron chi connectivity index (χ0n) is 11.2. The number of benzene rings is 1. The molecule has 1 aromatic carbocycles. The lowest BCUT2D eigenvalue weighted by Crippen LogP contribution is -2.33. The summed E-state index contributed by atoms with van der Waals surface area (Å²) in [6.07, 6.45) is 2.73. The molecule has 1 saturated carbocycles. The van der Waals surface area contributed by atoms with Gasteiger partial charge in [-0.15, -0.1) is 0 Å². The van der Waals surface area contributed by atoms with Crippen molar-refractivity contribution in [1.29, 1.82) is 0 Å². The van der Waals surface area contributed by atoms with Gasteiger partial charge in [0.2, 0.25) is 10.0 Å². The minimum atomic E-state index is -3.67. The van der Waals surface area contributed by atoms with Crippen molar-refractivity contribution in [2.24, 2.45) is 11.7 Å². The Morgan fingerprint density at radius 1 is 1.35 bits per heavy atom. The van der Waals surface area contributed by atoms with Crippen LogP contribution in [-0.2, 0) is 16.6 Å². The van der Waals surface area contributed by atoms with E-state index >= 15 is 0 Å². The normalized spacial score (nSPS) is 23.2. The first kappa shape index (κ1) is 16.0. The van der Waals surface area contributed by atoms with Crippen LogP contribution in [0.25, 0.3) is 0 Å². The van der Waals surface area contributed by atoms with Gasteiger partial charge in [-0.2, -0.15) is 0 Å². The van der Waals surface area contributed by atoms with Crippen LogP contribution >= 0.6 is 23.2 Å². The minimum absolute atomic E-state index is 0.00618. The Labute approximate surface area is 129 Å². The van der Waals surface area contributed by atoms with Crippen molar-refractivity contribution in [3.05, 3.63) is 27.7 Å². The maximum atomic E-state index is 12.4. The zero-order chi connectivity index (χ0) is 14.9. The van der Waals surface area contributed by atoms with E-state index in [1.54, 1.807) is 6.07 Å². The van der Waals surface area contributed by atoms with Crippen molar-refractivity contribution < 1.29 is 8.42 Å². The molecule has 7 heteroatoms. The van der Waals surface area contributed by atoms with Crippen LogP contribution in [0.1, 0.15) is 31.7 Å². The van der Waals surface area contributed by atoms with Gasteiger partial charge in [-0.3, -0.25) is 0 Å². The van der Waals surface area contributed by atoms with Crippen LogP contribution in [0, 0.1) is 5.92 Å². The quantitative estimate of drug-likeness (QED) is 0.887. The standard InChI is InChI=1S/C13H18Cl2N2O2S/c1-8-2-3-11(4-8)17-20(18,19)12-6-10(14)5-9(7-16)13(12)15/h5-6,8,11,17H,2-4,7,16H2,1H3. The van der Waals surface area contributed by atoms with Gasteiger partial charge in [-0.25, -0.2) is 13.1 Å². The van der Waals surface area contributed by atoms with Gasteiger partial charge in [0, 0.05) is 17.6 Å². The summed E-state index contributed by atoms with van der Waals surface area (Å²) in [7, 11) is -3.67. The summed E-state index contributed by atoms with van der Waals surface area (Å²) in [6, 6.07) is 2.91. The van der Waals surface area contributed by atoms with E-state index in [9.17, 15) is 8.42 Å². The van der Waals surface area contributed by atoms with Crippen LogP contribution in [0.15, 0.2) is 17.0 Å². The van der Waals surface area contributed by atoms with Gasteiger partial charge in [-0.05, 0) is 42.9 Å². The molecule has 0 radical (unpaired) electrons. The van der Waals surface area contributed by atoms with E-state index in [4.69, 9.17) is 28.9 Å². The number of nitrogens with one attached hydrogen (secondary N) is 1. The molecule has 4 nitrogen and oxygen atoms in total. The van der Waals surface area contributed by atoms with E-state index in [2.05, 4.69) is 11.6 Å². The fourth-order valence-corrected chi connectivity index (χ4v) is 4.78. The van der Waals surface area contributed by atoms with Crippen LogP contribution in [-0.4, -0.2) is 14.5 Å². The molecule has 112 valence electrons. The highest BCUT2D eigenvalue weighted by Crippen LogP contribution is 2.31. The molecule has 1 aliphatic rings. The molecule has 0 heterocycles. The van der Waals surface area contributed by atoms with Gasteiger partial charge in [0.25, 0.3) is 0 Å². The second-order valence-electron chi connectivity index (χ2n) is 5.32. The third kappa shape index (κ3) is 3.46. The second kappa shape index (κ2) is 6.20. The Hall–Kier alpha value is -0.330. The lowest BCUT2D eigenvalue weighted by molar-refractivity contribution is 0.538. The number of halogens is 2. The zero-order valence-corrected chi connectivity index (χ0v) is 13.5. The van der Waals surface area contributed by atoms with E-state index in [0.29, 0.717) is 16.5 Å². The first-order valence-electron chi connectivity index (χ1n) is 6.54. The molecule has 1 aliphatic carbocycles. The number of sulfonamides is 1. The van der Waals surface area contributed by atoms with Gasteiger partial charge in [-0.1, -0.05) is 30.1 Å². The lowest BCUT2D eigenvalue weighted by atomic mass is 10.1. The first-order valence-corrected chi connectivity index (χ1v) is 8.77. The molecule has 2 rings (SSSR count). The maximum absolute atomic E-state index is 12.4. The molecule has 0 amide bonds. The van der Waals surface area contributed by atoms with Gasteiger partial charge in [0.15, 0.2) is 0 Å². The molecule has 20 heavy (non-hydrogen) atoms. The first-order chi connectivity index (χ1) is 9.33. The molecule has 0 saturated heterocycles. The molecule has 2 atom stereocenters. The number of hydrogen-bond donors (Lipinski definition) is 2. The van der Waals surface area contributed by atoms with Crippen molar-refractivity contribution in [2.45, 2.75) is 43.7 Å². The van der Waals surface area contributed by atoms with Crippen LogP contribution in [0.2, 0.25) is 10.0 Å². The van der Waals surface area contributed by atoms with E-state index in [0.717, 1.165) is 19.3 Å².